The number of carbonyl (C=O) groups is 1. The molecule has 0 atom stereocenters. The molecule has 0 bridgehead atoms. The molecule has 3 rings (SSSR count). The van der Waals surface area contributed by atoms with E-state index in [1.165, 1.54) is 11.3 Å². The fraction of sp³-hybridized carbons (Fsp3) is 0. The summed E-state index contributed by atoms with van der Waals surface area (Å²) >= 11 is 4.81. The van der Waals surface area contributed by atoms with Gasteiger partial charge in [-0.25, -0.2) is 9.67 Å². The molecule has 0 aliphatic heterocycles. The van der Waals surface area contributed by atoms with E-state index in [0.29, 0.717) is 17.1 Å². The number of amides is 1. The van der Waals surface area contributed by atoms with Crippen LogP contribution in [0, 0.1) is 0 Å². The van der Waals surface area contributed by atoms with E-state index in [1.54, 1.807) is 52.9 Å². The second-order valence-corrected chi connectivity index (χ2v) is 6.21. The first-order valence-electron chi connectivity index (χ1n) is 5.74. The lowest BCUT2D eigenvalue weighted by Crippen LogP contribution is -2.14. The average Bonchev–Trinajstić information content (AvgIpc) is 3.10. The lowest BCUT2D eigenvalue weighted by atomic mass is 10.3. The van der Waals surface area contributed by atoms with E-state index in [-0.39, 0.29) is 5.91 Å². The number of anilines is 1. The predicted octanol–water partition coefficient (Wildman–Crippen LogP) is 3.34. The molecular weight excluding hydrogens is 340 g/mol. The predicted molar refractivity (Wildman–Crippen MR) is 81.3 cm³/mol. The highest BCUT2D eigenvalue weighted by Crippen LogP contribution is 2.22. The normalized spacial score (nSPS) is 10.4. The SMILES string of the molecule is O=C(Nc1cccnc1-n1cccn1)c1csc(Br)c1. The molecule has 1 amide bonds. The smallest absolute Gasteiger partial charge is 0.256 e. The number of hydrogen-bond acceptors (Lipinski definition) is 4. The highest BCUT2D eigenvalue weighted by atomic mass is 79.9. The Balaban J connectivity index is 1.90. The van der Waals surface area contributed by atoms with Crippen LogP contribution >= 0.6 is 27.3 Å². The van der Waals surface area contributed by atoms with Gasteiger partial charge in [-0.3, -0.25) is 4.79 Å². The van der Waals surface area contributed by atoms with E-state index in [2.05, 4.69) is 31.3 Å². The van der Waals surface area contributed by atoms with Crippen molar-refractivity contribution in [2.24, 2.45) is 0 Å². The van der Waals surface area contributed by atoms with Crippen molar-refractivity contribution in [1.29, 1.82) is 0 Å². The van der Waals surface area contributed by atoms with Gasteiger partial charge in [0.2, 0.25) is 0 Å². The Morgan fingerprint density at radius 3 is 2.95 bits per heavy atom. The van der Waals surface area contributed by atoms with Gasteiger partial charge in [0.05, 0.1) is 15.0 Å². The molecular formula is C13H9BrN4OS. The minimum Gasteiger partial charge on any atom is -0.319 e. The topological polar surface area (TPSA) is 59.8 Å². The summed E-state index contributed by atoms with van der Waals surface area (Å²) in [6, 6.07) is 7.15. The number of thiophene rings is 1. The molecule has 0 aromatic carbocycles. The van der Waals surface area contributed by atoms with Crippen molar-refractivity contribution >= 4 is 38.9 Å². The van der Waals surface area contributed by atoms with Crippen LogP contribution in [0.25, 0.3) is 5.82 Å². The highest BCUT2D eigenvalue weighted by molar-refractivity contribution is 9.11. The number of halogens is 1. The largest absolute Gasteiger partial charge is 0.319 e. The zero-order valence-electron chi connectivity index (χ0n) is 10.2. The maximum atomic E-state index is 12.2. The third-order valence-electron chi connectivity index (χ3n) is 2.59. The second kappa shape index (κ2) is 5.56. The van der Waals surface area contributed by atoms with Crippen LogP contribution in [0.15, 0.2) is 52.0 Å². The van der Waals surface area contributed by atoms with Crippen molar-refractivity contribution in [2.75, 3.05) is 5.32 Å². The zero-order chi connectivity index (χ0) is 13.9. The van der Waals surface area contributed by atoms with Crippen LogP contribution in [-0.2, 0) is 0 Å². The molecule has 7 heteroatoms. The molecule has 3 aromatic rings. The van der Waals surface area contributed by atoms with E-state index < -0.39 is 0 Å². The van der Waals surface area contributed by atoms with Crippen LogP contribution in [0.3, 0.4) is 0 Å². The van der Waals surface area contributed by atoms with Gasteiger partial charge in [0.25, 0.3) is 5.91 Å². The second-order valence-electron chi connectivity index (χ2n) is 3.92. The van der Waals surface area contributed by atoms with E-state index in [0.717, 1.165) is 3.79 Å². The van der Waals surface area contributed by atoms with Crippen LogP contribution in [0.4, 0.5) is 5.69 Å². The number of nitrogens with one attached hydrogen (secondary N) is 1. The van der Waals surface area contributed by atoms with Gasteiger partial charge >= 0.3 is 0 Å². The maximum absolute atomic E-state index is 12.2. The van der Waals surface area contributed by atoms with Crippen LogP contribution in [0.5, 0.6) is 0 Å². The minimum absolute atomic E-state index is 0.173. The van der Waals surface area contributed by atoms with Crippen molar-refractivity contribution < 1.29 is 4.79 Å². The van der Waals surface area contributed by atoms with Gasteiger partial charge in [0.15, 0.2) is 5.82 Å². The Labute approximate surface area is 127 Å². The lowest BCUT2D eigenvalue weighted by Gasteiger charge is -2.09. The third kappa shape index (κ3) is 2.63. The molecule has 0 saturated heterocycles. The fourth-order valence-corrected chi connectivity index (χ4v) is 2.83. The monoisotopic (exact) mass is 348 g/mol. The first-order valence-corrected chi connectivity index (χ1v) is 7.42. The number of carbonyl (C=O) groups excluding carboxylic acids is 1. The van der Waals surface area contributed by atoms with Crippen LogP contribution < -0.4 is 5.32 Å². The Morgan fingerprint density at radius 2 is 2.25 bits per heavy atom. The molecule has 0 unspecified atom stereocenters. The number of hydrogen-bond donors (Lipinski definition) is 1. The van der Waals surface area contributed by atoms with Crippen molar-refractivity contribution in [2.45, 2.75) is 0 Å². The molecule has 0 aliphatic carbocycles. The van der Waals surface area contributed by atoms with Gasteiger partial charge < -0.3 is 5.32 Å². The average molecular weight is 349 g/mol. The van der Waals surface area contributed by atoms with Crippen molar-refractivity contribution in [1.82, 2.24) is 14.8 Å². The summed E-state index contributed by atoms with van der Waals surface area (Å²) < 4.78 is 2.53. The summed E-state index contributed by atoms with van der Waals surface area (Å²) in [6.45, 7) is 0. The molecule has 3 aromatic heterocycles. The fourth-order valence-electron chi connectivity index (χ4n) is 1.69. The summed E-state index contributed by atoms with van der Waals surface area (Å²) in [5.41, 5.74) is 1.22. The molecule has 5 nitrogen and oxygen atoms in total. The molecule has 0 fully saturated rings. The molecule has 3 heterocycles. The Bertz CT molecular complexity index is 738. The molecule has 0 radical (unpaired) electrons. The first kappa shape index (κ1) is 13.0. The van der Waals surface area contributed by atoms with Crippen LogP contribution in [0.2, 0.25) is 0 Å². The van der Waals surface area contributed by atoms with E-state index in [9.17, 15) is 4.79 Å². The van der Waals surface area contributed by atoms with E-state index in [4.69, 9.17) is 0 Å². The Hall–Kier alpha value is -1.99. The van der Waals surface area contributed by atoms with Crippen LogP contribution in [-0.4, -0.2) is 20.7 Å². The van der Waals surface area contributed by atoms with E-state index >= 15 is 0 Å². The molecule has 0 aliphatic rings. The Morgan fingerprint density at radius 1 is 1.35 bits per heavy atom. The molecule has 20 heavy (non-hydrogen) atoms. The number of nitrogens with zero attached hydrogens (tertiary/aromatic N) is 3. The summed E-state index contributed by atoms with van der Waals surface area (Å²) in [6.07, 6.45) is 5.10. The number of pyridine rings is 1. The quantitative estimate of drug-likeness (QED) is 0.789. The molecule has 100 valence electrons. The van der Waals surface area contributed by atoms with Gasteiger partial charge in [-0.05, 0) is 40.2 Å². The lowest BCUT2D eigenvalue weighted by molar-refractivity contribution is 0.102. The van der Waals surface area contributed by atoms with Gasteiger partial charge in [0.1, 0.15) is 0 Å². The van der Waals surface area contributed by atoms with Crippen molar-refractivity contribution in [3.63, 3.8) is 0 Å². The van der Waals surface area contributed by atoms with E-state index in [1.807, 2.05) is 0 Å². The van der Waals surface area contributed by atoms with Crippen molar-refractivity contribution in [3.05, 3.63) is 57.6 Å². The standard InChI is InChI=1S/C13H9BrN4OS/c14-11-7-9(8-20-11)13(19)17-10-3-1-4-15-12(10)18-6-2-5-16-18/h1-8H,(H,17,19). The molecule has 0 saturated carbocycles. The number of aromatic nitrogens is 3. The Kier molecular flexibility index (Phi) is 3.62. The summed E-state index contributed by atoms with van der Waals surface area (Å²) in [5.74, 6) is 0.411. The first-order chi connectivity index (χ1) is 9.74. The van der Waals surface area contributed by atoms with Crippen molar-refractivity contribution in [3.8, 4) is 5.82 Å². The number of rotatable bonds is 3. The minimum atomic E-state index is -0.173. The van der Waals surface area contributed by atoms with Crippen LogP contribution in [0.1, 0.15) is 10.4 Å². The molecule has 1 N–H and O–H groups in total. The zero-order valence-corrected chi connectivity index (χ0v) is 12.6. The summed E-state index contributed by atoms with van der Waals surface area (Å²) in [4.78, 5) is 16.4. The van der Waals surface area contributed by atoms with Gasteiger partial charge in [-0.15, -0.1) is 11.3 Å². The maximum Gasteiger partial charge on any atom is 0.256 e. The highest BCUT2D eigenvalue weighted by Gasteiger charge is 2.12. The van der Waals surface area contributed by atoms with Gasteiger partial charge in [0, 0.05) is 24.0 Å². The van der Waals surface area contributed by atoms with Gasteiger partial charge in [-0.2, -0.15) is 5.10 Å². The third-order valence-corrected chi connectivity index (χ3v) is 4.09. The summed E-state index contributed by atoms with van der Waals surface area (Å²) in [7, 11) is 0. The summed E-state index contributed by atoms with van der Waals surface area (Å²) in [5, 5.41) is 8.78. The van der Waals surface area contributed by atoms with Gasteiger partial charge in [-0.1, -0.05) is 0 Å². The molecule has 0 spiro atoms.